The maximum absolute atomic E-state index is 12.9. The molecule has 0 aliphatic carbocycles. The number of furan rings is 2. The van der Waals surface area contributed by atoms with Crippen molar-refractivity contribution in [2.24, 2.45) is 0 Å². The van der Waals surface area contributed by atoms with Crippen LogP contribution in [0.3, 0.4) is 0 Å². The van der Waals surface area contributed by atoms with Gasteiger partial charge in [0, 0.05) is 5.69 Å². The fraction of sp³-hybridized carbons (Fsp3) is 0.118. The molecule has 1 aliphatic heterocycles. The molecule has 1 aliphatic rings. The number of carbonyl (C=O) groups is 1. The first kappa shape index (κ1) is 12.8. The highest BCUT2D eigenvalue weighted by atomic mass is 16.3. The Morgan fingerprint density at radius 3 is 2.59 bits per heavy atom. The Morgan fingerprint density at radius 1 is 1.00 bits per heavy atom. The van der Waals surface area contributed by atoms with Crippen molar-refractivity contribution >= 4 is 11.6 Å². The molecule has 0 radical (unpaired) electrons. The van der Waals surface area contributed by atoms with Crippen LogP contribution in [-0.2, 0) is 6.54 Å². The largest absolute Gasteiger partial charge is 0.467 e. The van der Waals surface area contributed by atoms with Crippen LogP contribution in [-0.4, -0.2) is 10.8 Å². The van der Waals surface area contributed by atoms with Gasteiger partial charge in [-0.15, -0.1) is 0 Å². The number of nitrogens with zero attached hydrogens (tertiary/aromatic N) is 1. The summed E-state index contributed by atoms with van der Waals surface area (Å²) >= 11 is 0. The summed E-state index contributed by atoms with van der Waals surface area (Å²) in [6.45, 7) is 0.374. The molecule has 0 spiro atoms. The van der Waals surface area contributed by atoms with Crippen LogP contribution in [0, 0.1) is 0 Å². The average Bonchev–Trinajstić information content (AvgIpc) is 3.23. The second-order valence-electron chi connectivity index (χ2n) is 5.12. The third-order valence-corrected chi connectivity index (χ3v) is 3.74. The van der Waals surface area contributed by atoms with E-state index in [0.29, 0.717) is 17.9 Å². The van der Waals surface area contributed by atoms with Gasteiger partial charge in [-0.2, -0.15) is 0 Å². The van der Waals surface area contributed by atoms with Crippen molar-refractivity contribution in [2.75, 3.05) is 5.32 Å². The number of carbonyl (C=O) groups excluding carboxylic acids is 1. The molecule has 5 nitrogen and oxygen atoms in total. The quantitative estimate of drug-likeness (QED) is 0.801. The summed E-state index contributed by atoms with van der Waals surface area (Å²) in [6.07, 6.45) is 2.85. The van der Waals surface area contributed by atoms with E-state index >= 15 is 0 Å². The summed E-state index contributed by atoms with van der Waals surface area (Å²) in [4.78, 5) is 14.6. The molecule has 0 saturated carbocycles. The number of hydrogen-bond acceptors (Lipinski definition) is 4. The number of hydrogen-bond donors (Lipinski definition) is 1. The minimum absolute atomic E-state index is 0.0489. The van der Waals surface area contributed by atoms with E-state index < -0.39 is 0 Å². The fourth-order valence-corrected chi connectivity index (χ4v) is 2.70. The Balaban J connectivity index is 1.76. The highest BCUT2D eigenvalue weighted by Gasteiger charge is 2.34. The first-order valence-electron chi connectivity index (χ1n) is 7.05. The number of para-hydroxylation sites is 1. The number of benzene rings is 1. The van der Waals surface area contributed by atoms with Crippen molar-refractivity contribution < 1.29 is 13.6 Å². The second kappa shape index (κ2) is 5.11. The van der Waals surface area contributed by atoms with Crippen LogP contribution in [0.5, 0.6) is 0 Å². The van der Waals surface area contributed by atoms with Crippen molar-refractivity contribution in [3.63, 3.8) is 0 Å². The summed E-state index contributed by atoms with van der Waals surface area (Å²) < 4.78 is 10.9. The lowest BCUT2D eigenvalue weighted by atomic mass is 10.1. The van der Waals surface area contributed by atoms with Crippen LogP contribution in [0.4, 0.5) is 5.69 Å². The molecule has 0 unspecified atom stereocenters. The Labute approximate surface area is 127 Å². The van der Waals surface area contributed by atoms with Crippen LogP contribution >= 0.6 is 0 Å². The van der Waals surface area contributed by atoms with E-state index in [2.05, 4.69) is 5.32 Å². The predicted molar refractivity (Wildman–Crippen MR) is 80.1 cm³/mol. The van der Waals surface area contributed by atoms with E-state index in [1.54, 1.807) is 17.4 Å². The summed E-state index contributed by atoms with van der Waals surface area (Å²) in [5.74, 6) is 1.37. The third kappa shape index (κ3) is 2.07. The molecule has 1 aromatic carbocycles. The van der Waals surface area contributed by atoms with Gasteiger partial charge in [0.1, 0.15) is 11.5 Å². The van der Waals surface area contributed by atoms with E-state index in [9.17, 15) is 4.79 Å². The summed E-state index contributed by atoms with van der Waals surface area (Å²) in [5.41, 5.74) is 1.46. The predicted octanol–water partition coefficient (Wildman–Crippen LogP) is 3.64. The first-order valence-corrected chi connectivity index (χ1v) is 7.05. The lowest BCUT2D eigenvalue weighted by molar-refractivity contribution is 0.0629. The standard InChI is InChI=1S/C17H14N2O3/c20-17-13-6-1-2-7-14(13)18-16(15-8-4-10-22-15)19(17)11-12-5-3-9-21-12/h1-10,16,18H,11H2/t16-/m1/s1. The zero-order valence-electron chi connectivity index (χ0n) is 11.7. The maximum atomic E-state index is 12.9. The van der Waals surface area contributed by atoms with Gasteiger partial charge in [-0.1, -0.05) is 12.1 Å². The lowest BCUT2D eigenvalue weighted by Crippen LogP contribution is -2.42. The van der Waals surface area contributed by atoms with Crippen molar-refractivity contribution in [3.05, 3.63) is 78.1 Å². The number of amides is 1. The van der Waals surface area contributed by atoms with Gasteiger partial charge < -0.3 is 19.1 Å². The molecular formula is C17H14N2O3. The molecule has 1 amide bonds. The third-order valence-electron chi connectivity index (χ3n) is 3.74. The molecule has 1 atom stereocenters. The molecule has 1 N–H and O–H groups in total. The van der Waals surface area contributed by atoms with Crippen molar-refractivity contribution in [3.8, 4) is 0 Å². The average molecular weight is 294 g/mol. The minimum Gasteiger partial charge on any atom is -0.467 e. The molecule has 3 heterocycles. The van der Waals surface area contributed by atoms with Crippen LogP contribution in [0.25, 0.3) is 0 Å². The molecule has 3 aromatic rings. The minimum atomic E-state index is -0.359. The highest BCUT2D eigenvalue weighted by Crippen LogP contribution is 2.34. The van der Waals surface area contributed by atoms with E-state index in [0.717, 1.165) is 11.4 Å². The Morgan fingerprint density at radius 2 is 1.82 bits per heavy atom. The van der Waals surface area contributed by atoms with Gasteiger partial charge in [0.15, 0.2) is 6.17 Å². The van der Waals surface area contributed by atoms with Gasteiger partial charge in [-0.25, -0.2) is 0 Å². The van der Waals surface area contributed by atoms with E-state index in [4.69, 9.17) is 8.83 Å². The second-order valence-corrected chi connectivity index (χ2v) is 5.12. The monoisotopic (exact) mass is 294 g/mol. The molecule has 22 heavy (non-hydrogen) atoms. The Bertz CT molecular complexity index is 778. The summed E-state index contributed by atoms with van der Waals surface area (Å²) in [5, 5.41) is 3.36. The fourth-order valence-electron chi connectivity index (χ4n) is 2.70. The van der Waals surface area contributed by atoms with Crippen molar-refractivity contribution in [2.45, 2.75) is 12.7 Å². The van der Waals surface area contributed by atoms with E-state index in [1.165, 1.54) is 0 Å². The molecular weight excluding hydrogens is 280 g/mol. The Hall–Kier alpha value is -2.95. The van der Waals surface area contributed by atoms with Crippen LogP contribution < -0.4 is 5.32 Å². The maximum Gasteiger partial charge on any atom is 0.258 e. The topological polar surface area (TPSA) is 58.6 Å². The normalized spacial score (nSPS) is 17.2. The zero-order chi connectivity index (χ0) is 14.9. The number of fused-ring (bicyclic) bond motifs is 1. The zero-order valence-corrected chi connectivity index (χ0v) is 11.7. The van der Waals surface area contributed by atoms with Gasteiger partial charge in [-0.05, 0) is 36.4 Å². The van der Waals surface area contributed by atoms with Gasteiger partial charge in [0.05, 0.1) is 24.6 Å². The smallest absolute Gasteiger partial charge is 0.258 e. The molecule has 110 valence electrons. The number of anilines is 1. The molecule has 4 rings (SSSR count). The van der Waals surface area contributed by atoms with E-state index in [-0.39, 0.29) is 12.1 Å². The van der Waals surface area contributed by atoms with Gasteiger partial charge in [0.25, 0.3) is 5.91 Å². The van der Waals surface area contributed by atoms with Crippen molar-refractivity contribution in [1.82, 2.24) is 4.90 Å². The number of nitrogens with one attached hydrogen (secondary N) is 1. The molecule has 5 heteroatoms. The summed E-state index contributed by atoms with van der Waals surface area (Å²) in [6, 6.07) is 14.8. The van der Waals surface area contributed by atoms with Crippen LogP contribution in [0.1, 0.15) is 28.0 Å². The number of rotatable bonds is 3. The molecule has 0 fully saturated rings. The van der Waals surface area contributed by atoms with Gasteiger partial charge >= 0.3 is 0 Å². The summed E-state index contributed by atoms with van der Waals surface area (Å²) in [7, 11) is 0. The Kier molecular flexibility index (Phi) is 2.96. The van der Waals surface area contributed by atoms with E-state index in [1.807, 2.05) is 48.5 Å². The molecule has 0 bridgehead atoms. The SMILES string of the molecule is O=C1c2ccccc2N[C@@H](c2ccco2)N1Cc1ccco1. The lowest BCUT2D eigenvalue weighted by Gasteiger charge is -2.36. The highest BCUT2D eigenvalue weighted by molar-refractivity contribution is 6.01. The molecule has 2 aromatic heterocycles. The van der Waals surface area contributed by atoms with Crippen LogP contribution in [0.15, 0.2) is 69.9 Å². The van der Waals surface area contributed by atoms with Crippen molar-refractivity contribution in [1.29, 1.82) is 0 Å². The van der Waals surface area contributed by atoms with Gasteiger partial charge in [0.2, 0.25) is 0 Å². The molecule has 0 saturated heterocycles. The van der Waals surface area contributed by atoms with Gasteiger partial charge in [-0.3, -0.25) is 4.79 Å². The first-order chi connectivity index (χ1) is 10.8. The van der Waals surface area contributed by atoms with Crippen LogP contribution in [0.2, 0.25) is 0 Å².